The Morgan fingerprint density at radius 2 is 1.95 bits per heavy atom. The number of hydrogen-bond donors (Lipinski definition) is 1. The van der Waals surface area contributed by atoms with Crippen molar-refractivity contribution in [2.75, 3.05) is 19.5 Å². The number of anilines is 1. The maximum atomic E-state index is 11.6. The van der Waals surface area contributed by atoms with Crippen LogP contribution < -0.4 is 10.1 Å². The van der Waals surface area contributed by atoms with Crippen molar-refractivity contribution >= 4 is 23.3 Å². The SMILES string of the molecule is CON(C)C(=O)Nc1ccc(Oc2cccc(Cl)n2)cc1. The zero-order chi connectivity index (χ0) is 15.2. The van der Waals surface area contributed by atoms with Gasteiger partial charge in [0.25, 0.3) is 0 Å². The fourth-order valence-corrected chi connectivity index (χ4v) is 1.61. The third kappa shape index (κ3) is 4.34. The van der Waals surface area contributed by atoms with Crippen molar-refractivity contribution in [3.63, 3.8) is 0 Å². The van der Waals surface area contributed by atoms with E-state index in [1.165, 1.54) is 14.2 Å². The van der Waals surface area contributed by atoms with Crippen molar-refractivity contribution in [2.45, 2.75) is 0 Å². The standard InChI is InChI=1S/C14H14ClN3O3/c1-18(20-2)14(19)16-10-6-8-11(9-7-10)21-13-5-3-4-12(15)17-13/h3-9H,1-2H3,(H,16,19). The van der Waals surface area contributed by atoms with Crippen LogP contribution in [-0.2, 0) is 4.84 Å². The van der Waals surface area contributed by atoms with Gasteiger partial charge in [-0.25, -0.2) is 14.8 Å². The van der Waals surface area contributed by atoms with E-state index in [-0.39, 0.29) is 6.03 Å². The Labute approximate surface area is 127 Å². The molecule has 1 N–H and O–H groups in total. The number of urea groups is 1. The second kappa shape index (κ2) is 6.92. The molecule has 1 aromatic heterocycles. The molecule has 0 aliphatic heterocycles. The minimum Gasteiger partial charge on any atom is -0.439 e. The third-order valence-corrected chi connectivity index (χ3v) is 2.79. The number of hydrogen-bond acceptors (Lipinski definition) is 4. The van der Waals surface area contributed by atoms with Crippen molar-refractivity contribution in [2.24, 2.45) is 0 Å². The smallest absolute Gasteiger partial charge is 0.345 e. The highest BCUT2D eigenvalue weighted by Gasteiger charge is 2.07. The summed E-state index contributed by atoms with van der Waals surface area (Å²) in [6.07, 6.45) is 0. The van der Waals surface area contributed by atoms with E-state index in [4.69, 9.17) is 21.2 Å². The van der Waals surface area contributed by atoms with E-state index < -0.39 is 0 Å². The van der Waals surface area contributed by atoms with Crippen LogP contribution in [0.4, 0.5) is 10.5 Å². The lowest BCUT2D eigenvalue weighted by Crippen LogP contribution is -2.30. The number of nitrogens with zero attached hydrogens (tertiary/aromatic N) is 2. The number of rotatable bonds is 4. The molecular formula is C14H14ClN3O3. The molecular weight excluding hydrogens is 294 g/mol. The molecule has 0 atom stereocenters. The van der Waals surface area contributed by atoms with E-state index in [2.05, 4.69) is 10.3 Å². The predicted octanol–water partition coefficient (Wildman–Crippen LogP) is 3.55. The van der Waals surface area contributed by atoms with Crippen molar-refractivity contribution in [1.82, 2.24) is 10.0 Å². The van der Waals surface area contributed by atoms with Gasteiger partial charge in [0, 0.05) is 18.8 Å². The fourth-order valence-electron chi connectivity index (χ4n) is 1.46. The molecule has 0 spiro atoms. The average Bonchev–Trinajstić information content (AvgIpc) is 2.48. The van der Waals surface area contributed by atoms with Gasteiger partial charge in [-0.1, -0.05) is 17.7 Å². The Balaban J connectivity index is 2.00. The van der Waals surface area contributed by atoms with Gasteiger partial charge in [-0.15, -0.1) is 0 Å². The molecule has 0 saturated carbocycles. The lowest BCUT2D eigenvalue weighted by atomic mass is 10.3. The summed E-state index contributed by atoms with van der Waals surface area (Å²) < 4.78 is 5.54. The second-order valence-corrected chi connectivity index (χ2v) is 4.42. The zero-order valence-electron chi connectivity index (χ0n) is 11.5. The number of hydroxylamine groups is 2. The molecule has 6 nitrogen and oxygen atoms in total. The first-order chi connectivity index (χ1) is 10.1. The molecule has 0 aliphatic carbocycles. The minimum absolute atomic E-state index is 0.360. The number of carbonyl (C=O) groups excluding carboxylic acids is 1. The van der Waals surface area contributed by atoms with E-state index in [1.54, 1.807) is 42.5 Å². The number of aromatic nitrogens is 1. The van der Waals surface area contributed by atoms with Crippen LogP contribution in [0.2, 0.25) is 5.15 Å². The lowest BCUT2D eigenvalue weighted by Gasteiger charge is -2.14. The van der Waals surface area contributed by atoms with Crippen LogP contribution in [0.5, 0.6) is 11.6 Å². The summed E-state index contributed by atoms with van der Waals surface area (Å²) in [6, 6.07) is 11.6. The molecule has 0 unspecified atom stereocenters. The van der Waals surface area contributed by atoms with Gasteiger partial charge in [-0.3, -0.25) is 4.84 Å². The monoisotopic (exact) mass is 307 g/mol. The maximum absolute atomic E-state index is 11.6. The number of ether oxygens (including phenoxy) is 1. The highest BCUT2D eigenvalue weighted by atomic mass is 35.5. The number of nitrogens with one attached hydrogen (secondary N) is 1. The van der Waals surface area contributed by atoms with E-state index in [1.807, 2.05) is 0 Å². The summed E-state index contributed by atoms with van der Waals surface area (Å²) in [6.45, 7) is 0. The first-order valence-corrected chi connectivity index (χ1v) is 6.45. The molecule has 2 aromatic rings. The normalized spacial score (nSPS) is 10.0. The molecule has 0 bridgehead atoms. The first kappa shape index (κ1) is 15.1. The van der Waals surface area contributed by atoms with E-state index in [0.29, 0.717) is 22.5 Å². The van der Waals surface area contributed by atoms with Gasteiger partial charge in [0.05, 0.1) is 7.11 Å². The lowest BCUT2D eigenvalue weighted by molar-refractivity contribution is -0.0598. The van der Waals surface area contributed by atoms with Crippen molar-refractivity contribution in [1.29, 1.82) is 0 Å². The minimum atomic E-state index is -0.373. The number of pyridine rings is 1. The molecule has 1 aromatic carbocycles. The van der Waals surface area contributed by atoms with Gasteiger partial charge in [-0.05, 0) is 30.3 Å². The molecule has 0 saturated heterocycles. The van der Waals surface area contributed by atoms with E-state index >= 15 is 0 Å². The number of halogens is 1. The molecule has 7 heteroatoms. The Bertz CT molecular complexity index is 619. The van der Waals surface area contributed by atoms with Crippen LogP contribution in [0.3, 0.4) is 0 Å². The van der Waals surface area contributed by atoms with Gasteiger partial charge < -0.3 is 10.1 Å². The second-order valence-electron chi connectivity index (χ2n) is 4.04. The summed E-state index contributed by atoms with van der Waals surface area (Å²) in [7, 11) is 2.92. The van der Waals surface area contributed by atoms with E-state index in [9.17, 15) is 4.79 Å². The van der Waals surface area contributed by atoms with Crippen molar-refractivity contribution < 1.29 is 14.4 Å². The summed E-state index contributed by atoms with van der Waals surface area (Å²) in [5, 5.41) is 4.11. The fraction of sp³-hybridized carbons (Fsp3) is 0.143. The van der Waals surface area contributed by atoms with E-state index in [0.717, 1.165) is 5.06 Å². The molecule has 1 heterocycles. The van der Waals surface area contributed by atoms with Crippen LogP contribution in [-0.4, -0.2) is 30.2 Å². The van der Waals surface area contributed by atoms with Gasteiger partial charge >= 0.3 is 6.03 Å². The molecule has 2 amide bonds. The molecule has 0 radical (unpaired) electrons. The first-order valence-electron chi connectivity index (χ1n) is 6.08. The highest BCUT2D eigenvalue weighted by molar-refractivity contribution is 6.29. The zero-order valence-corrected chi connectivity index (χ0v) is 12.3. The summed E-state index contributed by atoms with van der Waals surface area (Å²) in [5.74, 6) is 0.987. The summed E-state index contributed by atoms with van der Waals surface area (Å²) in [5.41, 5.74) is 0.621. The van der Waals surface area contributed by atoms with Crippen LogP contribution in [0, 0.1) is 0 Å². The number of benzene rings is 1. The maximum Gasteiger partial charge on any atom is 0.345 e. The third-order valence-electron chi connectivity index (χ3n) is 2.58. The number of carbonyl (C=O) groups is 1. The Hall–Kier alpha value is -2.31. The summed E-state index contributed by atoms with van der Waals surface area (Å²) >= 11 is 5.78. The van der Waals surface area contributed by atoms with Crippen LogP contribution in [0.1, 0.15) is 0 Å². The van der Waals surface area contributed by atoms with Gasteiger partial charge in [0.1, 0.15) is 10.9 Å². The molecule has 110 valence electrons. The Morgan fingerprint density at radius 3 is 2.57 bits per heavy atom. The van der Waals surface area contributed by atoms with Crippen LogP contribution in [0.25, 0.3) is 0 Å². The van der Waals surface area contributed by atoms with Gasteiger partial charge in [-0.2, -0.15) is 0 Å². The Kier molecular flexibility index (Phi) is 4.97. The average molecular weight is 308 g/mol. The molecule has 21 heavy (non-hydrogen) atoms. The largest absolute Gasteiger partial charge is 0.439 e. The predicted molar refractivity (Wildman–Crippen MR) is 79.6 cm³/mol. The molecule has 2 rings (SSSR count). The molecule has 0 aliphatic rings. The van der Waals surface area contributed by atoms with Crippen molar-refractivity contribution in [3.05, 3.63) is 47.6 Å². The van der Waals surface area contributed by atoms with Gasteiger partial charge in [0.2, 0.25) is 5.88 Å². The number of amides is 2. The van der Waals surface area contributed by atoms with Crippen LogP contribution >= 0.6 is 11.6 Å². The quantitative estimate of drug-likeness (QED) is 0.693. The Morgan fingerprint density at radius 1 is 1.24 bits per heavy atom. The van der Waals surface area contributed by atoms with Crippen molar-refractivity contribution in [3.8, 4) is 11.6 Å². The van der Waals surface area contributed by atoms with Gasteiger partial charge in [0.15, 0.2) is 0 Å². The summed E-state index contributed by atoms with van der Waals surface area (Å²) in [4.78, 5) is 20.4. The molecule has 0 fully saturated rings. The van der Waals surface area contributed by atoms with Crippen LogP contribution in [0.15, 0.2) is 42.5 Å². The topological polar surface area (TPSA) is 63.7 Å². The highest BCUT2D eigenvalue weighted by Crippen LogP contribution is 2.22.